The average Bonchev–Trinajstić information content (AvgIpc) is 2.26. The van der Waals surface area contributed by atoms with E-state index >= 15 is 0 Å². The van der Waals surface area contributed by atoms with Gasteiger partial charge in [-0.2, -0.15) is 0 Å². The Bertz CT molecular complexity index is 415. The van der Waals surface area contributed by atoms with Gasteiger partial charge in [-0.25, -0.2) is 0 Å². The van der Waals surface area contributed by atoms with Crippen LogP contribution in [0.2, 0.25) is 0 Å². The van der Waals surface area contributed by atoms with Gasteiger partial charge in [-0.3, -0.25) is 9.59 Å². The molecule has 0 unspecified atom stereocenters. The van der Waals surface area contributed by atoms with Gasteiger partial charge in [0.1, 0.15) is 0 Å². The summed E-state index contributed by atoms with van der Waals surface area (Å²) in [6.45, 7) is 4.25. The first kappa shape index (κ1) is 11.1. The number of ketones is 2. The van der Waals surface area contributed by atoms with Crippen molar-refractivity contribution in [2.75, 3.05) is 7.11 Å². The van der Waals surface area contributed by atoms with E-state index in [9.17, 15) is 9.59 Å². The highest BCUT2D eigenvalue weighted by atomic mass is 16.5. The first-order chi connectivity index (χ1) is 7.54. The second kappa shape index (κ2) is 3.89. The maximum atomic E-state index is 12.0. The van der Waals surface area contributed by atoms with Crippen molar-refractivity contribution in [2.24, 2.45) is 11.8 Å². The minimum absolute atomic E-state index is 0.0507. The number of Topliss-reactive ketones (excluding diaryl/α,β-unsaturated/α-hetero) is 1. The zero-order valence-corrected chi connectivity index (χ0v) is 9.87. The minimum atomic E-state index is -0.101. The van der Waals surface area contributed by atoms with E-state index < -0.39 is 0 Å². The molecule has 3 heteroatoms. The van der Waals surface area contributed by atoms with Crippen molar-refractivity contribution in [1.82, 2.24) is 0 Å². The van der Waals surface area contributed by atoms with Crippen LogP contribution in [0.3, 0.4) is 0 Å². The summed E-state index contributed by atoms with van der Waals surface area (Å²) in [7, 11) is 1.43. The summed E-state index contributed by atoms with van der Waals surface area (Å²) >= 11 is 0. The van der Waals surface area contributed by atoms with Crippen LogP contribution in [0, 0.1) is 11.8 Å². The zero-order chi connectivity index (χ0) is 11.9. The molecule has 0 bridgehead atoms. The van der Waals surface area contributed by atoms with Crippen LogP contribution in [-0.2, 0) is 14.3 Å². The van der Waals surface area contributed by atoms with E-state index in [1.54, 1.807) is 0 Å². The van der Waals surface area contributed by atoms with Gasteiger partial charge in [-0.05, 0) is 24.7 Å². The van der Waals surface area contributed by atoms with Crippen LogP contribution in [0.4, 0.5) is 0 Å². The van der Waals surface area contributed by atoms with Gasteiger partial charge >= 0.3 is 0 Å². The van der Waals surface area contributed by atoms with Crippen LogP contribution in [0.5, 0.6) is 0 Å². The normalized spacial score (nSPS) is 30.1. The molecule has 0 saturated heterocycles. The number of ether oxygens (including phenoxy) is 1. The van der Waals surface area contributed by atoms with Crippen molar-refractivity contribution in [3.63, 3.8) is 0 Å². The molecule has 0 aromatic heterocycles. The van der Waals surface area contributed by atoms with Crippen LogP contribution < -0.4 is 0 Å². The van der Waals surface area contributed by atoms with Crippen LogP contribution in [0.15, 0.2) is 23.0 Å². The molecule has 0 aromatic rings. The molecule has 0 aliphatic heterocycles. The number of rotatable bonds is 1. The van der Waals surface area contributed by atoms with Crippen molar-refractivity contribution in [3.8, 4) is 0 Å². The van der Waals surface area contributed by atoms with Gasteiger partial charge in [-0.15, -0.1) is 0 Å². The van der Waals surface area contributed by atoms with Crippen molar-refractivity contribution < 1.29 is 14.3 Å². The van der Waals surface area contributed by atoms with Crippen molar-refractivity contribution in [1.29, 1.82) is 0 Å². The third kappa shape index (κ3) is 1.60. The molecule has 2 aliphatic carbocycles. The van der Waals surface area contributed by atoms with E-state index in [2.05, 4.69) is 13.8 Å². The molecule has 2 rings (SSSR count). The highest BCUT2D eigenvalue weighted by Crippen LogP contribution is 2.37. The molecule has 86 valence electrons. The standard InChI is InChI=1S/C13H16O3/c1-7-4-9-10(5-8(7)2)13(15)12(16-3)6-11(9)14/h6-8H,4-5H2,1-3H3/t7-,8-/m1/s1. The summed E-state index contributed by atoms with van der Waals surface area (Å²) in [6.07, 6.45) is 2.74. The molecular weight excluding hydrogens is 204 g/mol. The highest BCUT2D eigenvalue weighted by Gasteiger charge is 2.35. The molecule has 0 heterocycles. The van der Waals surface area contributed by atoms with Crippen LogP contribution in [0.1, 0.15) is 26.7 Å². The highest BCUT2D eigenvalue weighted by molar-refractivity contribution is 6.22. The lowest BCUT2D eigenvalue weighted by Gasteiger charge is -2.30. The van der Waals surface area contributed by atoms with Crippen molar-refractivity contribution in [2.45, 2.75) is 26.7 Å². The Morgan fingerprint density at radius 1 is 1.12 bits per heavy atom. The summed E-state index contributed by atoms with van der Waals surface area (Å²) in [5.41, 5.74) is 1.38. The third-order valence-electron chi connectivity index (χ3n) is 3.67. The number of hydrogen-bond acceptors (Lipinski definition) is 3. The maximum absolute atomic E-state index is 12.0. The molecule has 0 amide bonds. The number of methoxy groups -OCH3 is 1. The largest absolute Gasteiger partial charge is 0.493 e. The van der Waals surface area contributed by atoms with Gasteiger partial charge in [0, 0.05) is 17.2 Å². The SMILES string of the molecule is COC1=CC(=O)C2=C(C[C@@H](C)[C@H](C)C2)C1=O. The monoisotopic (exact) mass is 220 g/mol. The minimum Gasteiger partial charge on any atom is -0.493 e. The summed E-state index contributed by atoms with van der Waals surface area (Å²) in [5.74, 6) is 0.950. The second-order valence-corrected chi connectivity index (χ2v) is 4.73. The Kier molecular flexibility index (Phi) is 2.70. The van der Waals surface area contributed by atoms with E-state index in [-0.39, 0.29) is 17.3 Å². The summed E-state index contributed by atoms with van der Waals surface area (Å²) < 4.78 is 4.94. The van der Waals surface area contributed by atoms with E-state index in [1.165, 1.54) is 13.2 Å². The molecule has 2 aliphatic rings. The molecule has 16 heavy (non-hydrogen) atoms. The fraction of sp³-hybridized carbons (Fsp3) is 0.538. The lowest BCUT2D eigenvalue weighted by molar-refractivity contribution is -0.118. The first-order valence-electron chi connectivity index (χ1n) is 5.61. The van der Waals surface area contributed by atoms with Gasteiger partial charge < -0.3 is 4.74 Å². The fourth-order valence-electron chi connectivity index (χ4n) is 2.34. The Balaban J connectivity index is 2.40. The van der Waals surface area contributed by atoms with Crippen LogP contribution in [0.25, 0.3) is 0 Å². The molecule has 0 fully saturated rings. The van der Waals surface area contributed by atoms with Gasteiger partial charge in [0.15, 0.2) is 11.5 Å². The van der Waals surface area contributed by atoms with Gasteiger partial charge in [0.05, 0.1) is 7.11 Å². The zero-order valence-electron chi connectivity index (χ0n) is 9.87. The Morgan fingerprint density at radius 3 is 2.25 bits per heavy atom. The lowest BCUT2D eigenvalue weighted by Crippen LogP contribution is -2.28. The van der Waals surface area contributed by atoms with E-state index in [1.807, 2.05) is 0 Å². The average molecular weight is 220 g/mol. The van der Waals surface area contributed by atoms with Gasteiger partial charge in [0.2, 0.25) is 5.78 Å². The van der Waals surface area contributed by atoms with Crippen molar-refractivity contribution >= 4 is 11.6 Å². The van der Waals surface area contributed by atoms with Crippen LogP contribution in [-0.4, -0.2) is 18.7 Å². The van der Waals surface area contributed by atoms with E-state index in [4.69, 9.17) is 4.74 Å². The fourth-order valence-corrected chi connectivity index (χ4v) is 2.34. The number of hydrogen-bond donors (Lipinski definition) is 0. The molecule has 0 N–H and O–H groups in total. The van der Waals surface area contributed by atoms with E-state index in [0.29, 0.717) is 35.8 Å². The summed E-state index contributed by atoms with van der Waals surface area (Å²) in [4.78, 5) is 23.8. The topological polar surface area (TPSA) is 43.4 Å². The predicted molar refractivity (Wildman–Crippen MR) is 59.7 cm³/mol. The first-order valence-corrected chi connectivity index (χ1v) is 5.61. The maximum Gasteiger partial charge on any atom is 0.224 e. The molecule has 3 nitrogen and oxygen atoms in total. The molecule has 0 aromatic carbocycles. The second-order valence-electron chi connectivity index (χ2n) is 4.73. The van der Waals surface area contributed by atoms with Crippen molar-refractivity contribution in [3.05, 3.63) is 23.0 Å². The molecule has 2 atom stereocenters. The Hall–Kier alpha value is -1.38. The van der Waals surface area contributed by atoms with E-state index in [0.717, 1.165) is 0 Å². The molecule has 0 radical (unpaired) electrons. The molecular formula is C13H16O3. The van der Waals surface area contributed by atoms with Crippen LogP contribution >= 0.6 is 0 Å². The number of allylic oxidation sites excluding steroid dienone is 3. The molecule has 0 spiro atoms. The predicted octanol–water partition coefficient (Wildman–Crippen LogP) is 2.03. The quantitative estimate of drug-likeness (QED) is 0.635. The number of carbonyl (C=O) groups excluding carboxylic acids is 2. The van der Waals surface area contributed by atoms with Gasteiger partial charge in [0.25, 0.3) is 0 Å². The molecule has 0 saturated carbocycles. The lowest BCUT2D eigenvalue weighted by atomic mass is 9.73. The third-order valence-corrected chi connectivity index (χ3v) is 3.67. The van der Waals surface area contributed by atoms with Gasteiger partial charge in [-0.1, -0.05) is 13.8 Å². The summed E-state index contributed by atoms with van der Waals surface area (Å²) in [6, 6.07) is 0. The summed E-state index contributed by atoms with van der Waals surface area (Å²) in [5, 5.41) is 0. The number of carbonyl (C=O) groups is 2. The Morgan fingerprint density at radius 2 is 1.69 bits per heavy atom. The Labute approximate surface area is 95.2 Å². The smallest absolute Gasteiger partial charge is 0.224 e.